The highest BCUT2D eigenvalue weighted by molar-refractivity contribution is 6.01. The van der Waals surface area contributed by atoms with Gasteiger partial charge in [-0.05, 0) is 47.2 Å². The lowest BCUT2D eigenvalue weighted by molar-refractivity contribution is -0.118. The number of fused-ring (bicyclic) bond motifs is 1. The summed E-state index contributed by atoms with van der Waals surface area (Å²) in [6, 6.07) is 33.9. The van der Waals surface area contributed by atoms with E-state index in [1.165, 1.54) is 0 Å². The highest BCUT2D eigenvalue weighted by Crippen LogP contribution is 2.47. The van der Waals surface area contributed by atoms with Gasteiger partial charge in [0.1, 0.15) is 24.7 Å². The summed E-state index contributed by atoms with van der Waals surface area (Å²) in [5.41, 5.74) is 6.62. The van der Waals surface area contributed by atoms with Crippen LogP contribution in [0.1, 0.15) is 49.4 Å². The fraction of sp³-hybridized carbons (Fsp3) is 0.229. The average Bonchev–Trinajstić information content (AvgIpc) is 3.12. The van der Waals surface area contributed by atoms with Crippen molar-refractivity contribution in [1.29, 1.82) is 0 Å². The van der Waals surface area contributed by atoms with Gasteiger partial charge in [0.15, 0.2) is 5.78 Å². The van der Waals surface area contributed by atoms with Crippen molar-refractivity contribution in [3.8, 4) is 11.5 Å². The molecule has 4 aromatic carbocycles. The number of para-hydroxylation sites is 2. The van der Waals surface area contributed by atoms with Crippen LogP contribution in [0.4, 0.5) is 11.4 Å². The lowest BCUT2D eigenvalue weighted by Gasteiger charge is -2.34. The Morgan fingerprint density at radius 2 is 1.38 bits per heavy atom. The van der Waals surface area contributed by atoms with Crippen molar-refractivity contribution in [2.24, 2.45) is 5.41 Å². The fourth-order valence-electron chi connectivity index (χ4n) is 5.57. The molecule has 0 spiro atoms. The maximum absolute atomic E-state index is 13.7. The van der Waals surface area contributed by atoms with Gasteiger partial charge in [0.2, 0.25) is 0 Å². The Labute approximate surface area is 235 Å². The molecule has 4 aromatic rings. The zero-order valence-electron chi connectivity index (χ0n) is 22.9. The van der Waals surface area contributed by atoms with Crippen LogP contribution in [0.25, 0.3) is 0 Å². The molecule has 2 N–H and O–H groups in total. The first-order valence-corrected chi connectivity index (χ1v) is 13.8. The summed E-state index contributed by atoms with van der Waals surface area (Å²) in [5.74, 6) is 1.56. The van der Waals surface area contributed by atoms with E-state index in [0.29, 0.717) is 31.1 Å². The van der Waals surface area contributed by atoms with Crippen molar-refractivity contribution >= 4 is 17.2 Å². The second-order valence-electron chi connectivity index (χ2n) is 11.3. The molecule has 0 amide bonds. The van der Waals surface area contributed by atoms with E-state index in [2.05, 4.69) is 30.5 Å². The molecule has 0 saturated heterocycles. The van der Waals surface area contributed by atoms with Crippen LogP contribution >= 0.6 is 0 Å². The van der Waals surface area contributed by atoms with Gasteiger partial charge in [-0.3, -0.25) is 4.79 Å². The van der Waals surface area contributed by atoms with Crippen molar-refractivity contribution in [3.63, 3.8) is 0 Å². The third kappa shape index (κ3) is 5.59. The number of allylic oxidation sites excluding steroid dienone is 1. The molecule has 0 saturated carbocycles. The summed E-state index contributed by atoms with van der Waals surface area (Å²) in [7, 11) is 0. The van der Waals surface area contributed by atoms with E-state index in [0.717, 1.165) is 45.8 Å². The van der Waals surface area contributed by atoms with Crippen LogP contribution in [0.15, 0.2) is 114 Å². The lowest BCUT2D eigenvalue weighted by Crippen LogP contribution is -2.31. The third-order valence-corrected chi connectivity index (χ3v) is 7.50. The van der Waals surface area contributed by atoms with E-state index in [4.69, 9.17) is 9.47 Å². The minimum atomic E-state index is -0.372. The van der Waals surface area contributed by atoms with E-state index in [1.54, 1.807) is 0 Å². The molecule has 0 fully saturated rings. The number of hydrogen-bond donors (Lipinski definition) is 2. The molecule has 1 aliphatic carbocycles. The van der Waals surface area contributed by atoms with Gasteiger partial charge in [-0.25, -0.2) is 0 Å². The smallest absolute Gasteiger partial charge is 0.163 e. The standard InChI is InChI=1S/C35H34N2O3/c1-35(2)20-30-33(31(38)21-35)34(37-29-16-10-9-15-28(29)36-30)27-18-17-26(39-22-24-11-5-3-6-12-24)19-32(27)40-23-25-13-7-4-8-14-25/h3-19,34,36-37H,20-23H2,1-2H3. The van der Waals surface area contributed by atoms with Crippen LogP contribution in [0, 0.1) is 5.41 Å². The number of hydrogen-bond acceptors (Lipinski definition) is 5. The molecule has 0 aromatic heterocycles. The van der Waals surface area contributed by atoms with Crippen LogP contribution in [0.2, 0.25) is 0 Å². The van der Waals surface area contributed by atoms with E-state index in [1.807, 2.05) is 97.1 Å². The zero-order chi connectivity index (χ0) is 27.5. The Hall–Kier alpha value is -4.51. The van der Waals surface area contributed by atoms with Crippen LogP contribution in [-0.4, -0.2) is 5.78 Å². The molecule has 5 heteroatoms. The summed E-state index contributed by atoms with van der Waals surface area (Å²) < 4.78 is 12.7. The topological polar surface area (TPSA) is 59.6 Å². The van der Waals surface area contributed by atoms with Crippen molar-refractivity contribution < 1.29 is 14.3 Å². The number of ketones is 1. The number of Topliss-reactive ketones (excluding diaryl/α,β-unsaturated/α-hetero) is 1. The van der Waals surface area contributed by atoms with Crippen molar-refractivity contribution in [3.05, 3.63) is 131 Å². The molecule has 2 aliphatic rings. The molecule has 5 nitrogen and oxygen atoms in total. The third-order valence-electron chi connectivity index (χ3n) is 7.50. The first-order valence-electron chi connectivity index (χ1n) is 13.8. The first kappa shape index (κ1) is 25.8. The average molecular weight is 531 g/mol. The van der Waals surface area contributed by atoms with Gasteiger partial charge in [0.25, 0.3) is 0 Å². The highest BCUT2D eigenvalue weighted by atomic mass is 16.5. The fourth-order valence-corrected chi connectivity index (χ4v) is 5.57. The van der Waals surface area contributed by atoms with Crippen molar-refractivity contribution in [2.75, 3.05) is 10.6 Å². The molecule has 1 atom stereocenters. The molecule has 202 valence electrons. The summed E-state index contributed by atoms with van der Waals surface area (Å²) in [6.45, 7) is 5.18. The summed E-state index contributed by atoms with van der Waals surface area (Å²) in [4.78, 5) is 13.7. The van der Waals surface area contributed by atoms with Crippen LogP contribution in [0.3, 0.4) is 0 Å². The quantitative estimate of drug-likeness (QED) is 0.253. The van der Waals surface area contributed by atoms with E-state index in [-0.39, 0.29) is 17.2 Å². The SMILES string of the molecule is CC1(C)CC(=O)C2=C(C1)Nc1ccccc1NC2c1ccc(OCc2ccccc2)cc1OCc1ccccc1. The molecule has 1 aliphatic heterocycles. The molecule has 0 bridgehead atoms. The van der Waals surface area contributed by atoms with Gasteiger partial charge >= 0.3 is 0 Å². The first-order chi connectivity index (χ1) is 19.4. The van der Waals surface area contributed by atoms with Crippen LogP contribution in [0.5, 0.6) is 11.5 Å². The molecule has 40 heavy (non-hydrogen) atoms. The van der Waals surface area contributed by atoms with Crippen LogP contribution < -0.4 is 20.1 Å². The van der Waals surface area contributed by atoms with Crippen molar-refractivity contribution in [1.82, 2.24) is 0 Å². The van der Waals surface area contributed by atoms with Gasteiger partial charge in [-0.1, -0.05) is 86.6 Å². The van der Waals surface area contributed by atoms with Gasteiger partial charge in [0, 0.05) is 29.3 Å². The highest BCUT2D eigenvalue weighted by Gasteiger charge is 2.39. The molecular weight excluding hydrogens is 496 g/mol. The number of carbonyl (C=O) groups is 1. The number of anilines is 2. The monoisotopic (exact) mass is 530 g/mol. The number of carbonyl (C=O) groups excluding carboxylic acids is 1. The molecule has 1 unspecified atom stereocenters. The van der Waals surface area contributed by atoms with Gasteiger partial charge in [-0.15, -0.1) is 0 Å². The predicted molar refractivity (Wildman–Crippen MR) is 159 cm³/mol. The van der Waals surface area contributed by atoms with E-state index in [9.17, 15) is 4.79 Å². The summed E-state index contributed by atoms with van der Waals surface area (Å²) in [5, 5.41) is 7.29. The number of rotatable bonds is 7. The minimum absolute atomic E-state index is 0.117. The second-order valence-corrected chi connectivity index (χ2v) is 11.3. The normalized spacial score (nSPS) is 17.6. The Kier molecular flexibility index (Phi) is 7.04. The number of ether oxygens (including phenoxy) is 2. The Balaban J connectivity index is 1.41. The Bertz CT molecular complexity index is 1540. The van der Waals surface area contributed by atoms with E-state index >= 15 is 0 Å². The largest absolute Gasteiger partial charge is 0.489 e. The predicted octanol–water partition coefficient (Wildman–Crippen LogP) is 8.07. The minimum Gasteiger partial charge on any atom is -0.489 e. The lowest BCUT2D eigenvalue weighted by atomic mass is 9.73. The zero-order valence-corrected chi connectivity index (χ0v) is 22.9. The van der Waals surface area contributed by atoms with Gasteiger partial charge in [-0.2, -0.15) is 0 Å². The second kappa shape index (κ2) is 10.9. The summed E-state index contributed by atoms with van der Waals surface area (Å²) >= 11 is 0. The van der Waals surface area contributed by atoms with Gasteiger partial charge in [0.05, 0.1) is 17.4 Å². The molecule has 0 radical (unpaired) electrons. The maximum Gasteiger partial charge on any atom is 0.163 e. The van der Waals surface area contributed by atoms with E-state index < -0.39 is 0 Å². The van der Waals surface area contributed by atoms with Crippen LogP contribution in [-0.2, 0) is 18.0 Å². The number of benzene rings is 4. The van der Waals surface area contributed by atoms with Gasteiger partial charge < -0.3 is 20.1 Å². The molecule has 6 rings (SSSR count). The molecular formula is C35H34N2O3. The maximum atomic E-state index is 13.7. The number of nitrogens with one attached hydrogen (secondary N) is 2. The summed E-state index contributed by atoms with van der Waals surface area (Å²) in [6.07, 6.45) is 1.29. The Morgan fingerprint density at radius 1 is 0.750 bits per heavy atom. The Morgan fingerprint density at radius 3 is 2.08 bits per heavy atom. The molecule has 1 heterocycles. The van der Waals surface area contributed by atoms with Crippen molar-refractivity contribution in [2.45, 2.75) is 45.9 Å².